The van der Waals surface area contributed by atoms with Crippen molar-refractivity contribution in [2.75, 3.05) is 18.0 Å². The van der Waals surface area contributed by atoms with Crippen LogP contribution in [-0.2, 0) is 4.79 Å². The van der Waals surface area contributed by atoms with E-state index < -0.39 is 0 Å². The fraction of sp³-hybridized carbons (Fsp3) is 0.273. The van der Waals surface area contributed by atoms with E-state index in [0.29, 0.717) is 24.5 Å². The average Bonchev–Trinajstić information content (AvgIpc) is 2.22. The normalized spacial score (nSPS) is 9.06. The molecule has 0 aliphatic carbocycles. The molecule has 1 aromatic heterocycles. The number of pyridine rings is 1. The van der Waals surface area contributed by atoms with Crippen molar-refractivity contribution < 1.29 is 4.79 Å². The average molecular weight is 218 g/mol. The van der Waals surface area contributed by atoms with Crippen molar-refractivity contribution in [3.63, 3.8) is 0 Å². The van der Waals surface area contributed by atoms with Crippen LogP contribution in [0.25, 0.3) is 0 Å². The summed E-state index contributed by atoms with van der Waals surface area (Å²) in [4.78, 5) is 14.4. The minimum atomic E-state index is -0.0554. The highest BCUT2D eigenvalue weighted by molar-refractivity contribution is 5.72. The van der Waals surface area contributed by atoms with Crippen LogP contribution in [0.3, 0.4) is 0 Å². The molecule has 16 heavy (non-hydrogen) atoms. The number of nitrogens with one attached hydrogen (secondary N) is 1. The van der Waals surface area contributed by atoms with Gasteiger partial charge in [0.25, 0.3) is 0 Å². The van der Waals surface area contributed by atoms with E-state index in [9.17, 15) is 4.79 Å². The number of nitrogens with zero attached hydrogens (tertiary/aromatic N) is 1. The van der Waals surface area contributed by atoms with Gasteiger partial charge >= 0.3 is 0 Å². The Labute approximate surface area is 94.2 Å². The van der Waals surface area contributed by atoms with Crippen molar-refractivity contribution >= 4 is 17.4 Å². The molecule has 5 N–H and O–H groups in total. The van der Waals surface area contributed by atoms with Crippen molar-refractivity contribution in [2.45, 2.75) is 13.3 Å². The summed E-state index contributed by atoms with van der Waals surface area (Å²) in [5.41, 5.74) is 12.2. The van der Waals surface area contributed by atoms with Crippen molar-refractivity contribution in [2.24, 2.45) is 0 Å². The van der Waals surface area contributed by atoms with E-state index in [-0.39, 0.29) is 5.91 Å². The van der Waals surface area contributed by atoms with Crippen LogP contribution in [0, 0.1) is 11.8 Å². The molecule has 5 heteroatoms. The van der Waals surface area contributed by atoms with Gasteiger partial charge in [0.05, 0.1) is 5.69 Å². The SMILES string of the molecule is CC(=O)NCCC#Cc1cnc(N)c(N)c1. The number of anilines is 2. The smallest absolute Gasteiger partial charge is 0.216 e. The Kier molecular flexibility index (Phi) is 4.16. The van der Waals surface area contributed by atoms with Crippen LogP contribution in [0.15, 0.2) is 12.3 Å². The first-order chi connectivity index (χ1) is 7.59. The highest BCUT2D eigenvalue weighted by Gasteiger charge is 1.95. The largest absolute Gasteiger partial charge is 0.396 e. The minimum Gasteiger partial charge on any atom is -0.396 e. The maximum atomic E-state index is 10.6. The lowest BCUT2D eigenvalue weighted by Gasteiger charge is -1.98. The summed E-state index contributed by atoms with van der Waals surface area (Å²) in [6.45, 7) is 2.01. The van der Waals surface area contributed by atoms with Crippen LogP contribution < -0.4 is 16.8 Å². The van der Waals surface area contributed by atoms with Crippen LogP contribution in [-0.4, -0.2) is 17.4 Å². The minimum absolute atomic E-state index is 0.0554. The number of nitrogen functional groups attached to an aromatic ring is 2. The molecule has 1 heterocycles. The molecule has 0 saturated heterocycles. The van der Waals surface area contributed by atoms with Gasteiger partial charge in [-0.05, 0) is 6.07 Å². The molecule has 0 aliphatic rings. The molecule has 1 rings (SSSR count). The van der Waals surface area contributed by atoms with Crippen molar-refractivity contribution in [3.8, 4) is 11.8 Å². The van der Waals surface area contributed by atoms with E-state index in [1.807, 2.05) is 0 Å². The molecule has 1 aromatic rings. The second kappa shape index (κ2) is 5.61. The van der Waals surface area contributed by atoms with Gasteiger partial charge in [-0.1, -0.05) is 11.8 Å². The first-order valence-corrected chi connectivity index (χ1v) is 4.84. The van der Waals surface area contributed by atoms with Gasteiger partial charge in [-0.2, -0.15) is 0 Å². The second-order valence-electron chi connectivity index (χ2n) is 3.23. The van der Waals surface area contributed by atoms with E-state index in [1.165, 1.54) is 6.92 Å². The highest BCUT2D eigenvalue weighted by atomic mass is 16.1. The van der Waals surface area contributed by atoms with Gasteiger partial charge in [-0.15, -0.1) is 0 Å². The fourth-order valence-corrected chi connectivity index (χ4v) is 1.03. The third kappa shape index (κ3) is 3.88. The molecule has 0 spiro atoms. The third-order valence-electron chi connectivity index (χ3n) is 1.81. The van der Waals surface area contributed by atoms with Crippen LogP contribution in [0.5, 0.6) is 0 Å². The first kappa shape index (κ1) is 11.9. The molecule has 0 unspecified atom stereocenters. The Morgan fingerprint density at radius 1 is 1.56 bits per heavy atom. The number of carbonyl (C=O) groups is 1. The van der Waals surface area contributed by atoms with Gasteiger partial charge in [0.1, 0.15) is 5.82 Å². The van der Waals surface area contributed by atoms with E-state index in [1.54, 1.807) is 12.3 Å². The van der Waals surface area contributed by atoms with E-state index in [4.69, 9.17) is 11.5 Å². The third-order valence-corrected chi connectivity index (χ3v) is 1.81. The molecule has 0 aromatic carbocycles. The molecular formula is C11H14N4O. The molecule has 0 atom stereocenters. The Hall–Kier alpha value is -2.22. The lowest BCUT2D eigenvalue weighted by atomic mass is 10.2. The van der Waals surface area contributed by atoms with Crippen LogP contribution in [0.1, 0.15) is 18.9 Å². The van der Waals surface area contributed by atoms with Crippen molar-refractivity contribution in [1.29, 1.82) is 0 Å². The van der Waals surface area contributed by atoms with Gasteiger partial charge in [-0.3, -0.25) is 4.79 Å². The zero-order valence-corrected chi connectivity index (χ0v) is 9.08. The number of hydrogen-bond donors (Lipinski definition) is 3. The van der Waals surface area contributed by atoms with E-state index in [0.717, 1.165) is 5.56 Å². The van der Waals surface area contributed by atoms with Crippen LogP contribution >= 0.6 is 0 Å². The summed E-state index contributed by atoms with van der Waals surface area (Å²) in [5.74, 6) is 6.04. The summed E-state index contributed by atoms with van der Waals surface area (Å²) < 4.78 is 0. The molecule has 0 aliphatic heterocycles. The quantitative estimate of drug-likeness (QED) is 0.485. The Balaban J connectivity index is 2.50. The standard InChI is InChI=1S/C11H14N4O/c1-8(16)14-5-3-2-4-9-6-10(12)11(13)15-7-9/h6-7H,3,5,12H2,1H3,(H2,13,15)(H,14,16). The van der Waals surface area contributed by atoms with E-state index >= 15 is 0 Å². The summed E-state index contributed by atoms with van der Waals surface area (Å²) in [7, 11) is 0. The van der Waals surface area contributed by atoms with Crippen molar-refractivity contribution in [3.05, 3.63) is 17.8 Å². The maximum Gasteiger partial charge on any atom is 0.216 e. The summed E-state index contributed by atoms with van der Waals surface area (Å²) in [6.07, 6.45) is 2.15. The zero-order valence-electron chi connectivity index (χ0n) is 9.08. The zero-order chi connectivity index (χ0) is 12.0. The molecule has 5 nitrogen and oxygen atoms in total. The second-order valence-corrected chi connectivity index (χ2v) is 3.23. The summed E-state index contributed by atoms with van der Waals surface area (Å²) in [6, 6.07) is 1.67. The van der Waals surface area contributed by atoms with Crippen LogP contribution in [0.4, 0.5) is 11.5 Å². The predicted molar refractivity (Wildman–Crippen MR) is 63.2 cm³/mol. The molecule has 0 radical (unpaired) electrons. The molecule has 0 fully saturated rings. The number of rotatable bonds is 2. The maximum absolute atomic E-state index is 10.6. The van der Waals surface area contributed by atoms with Gasteiger partial charge in [-0.25, -0.2) is 4.98 Å². The summed E-state index contributed by atoms with van der Waals surface area (Å²) in [5, 5.41) is 2.65. The van der Waals surface area contributed by atoms with Crippen LogP contribution in [0.2, 0.25) is 0 Å². The predicted octanol–water partition coefficient (Wildman–Crippen LogP) is 0.124. The Morgan fingerprint density at radius 2 is 2.31 bits per heavy atom. The Morgan fingerprint density at radius 3 is 2.94 bits per heavy atom. The first-order valence-electron chi connectivity index (χ1n) is 4.84. The van der Waals surface area contributed by atoms with Crippen molar-refractivity contribution in [1.82, 2.24) is 10.3 Å². The number of carbonyl (C=O) groups excluding carboxylic acids is 1. The lowest BCUT2D eigenvalue weighted by Crippen LogP contribution is -2.20. The number of hydrogen-bond acceptors (Lipinski definition) is 4. The van der Waals surface area contributed by atoms with Gasteiger partial charge in [0.2, 0.25) is 5.91 Å². The lowest BCUT2D eigenvalue weighted by molar-refractivity contribution is -0.118. The van der Waals surface area contributed by atoms with E-state index in [2.05, 4.69) is 22.1 Å². The molecule has 0 saturated carbocycles. The van der Waals surface area contributed by atoms with Gasteiger partial charge in [0.15, 0.2) is 0 Å². The summed E-state index contributed by atoms with van der Waals surface area (Å²) >= 11 is 0. The van der Waals surface area contributed by atoms with Gasteiger partial charge < -0.3 is 16.8 Å². The molecule has 0 bridgehead atoms. The molecular weight excluding hydrogens is 204 g/mol. The molecule has 84 valence electrons. The van der Waals surface area contributed by atoms with Gasteiger partial charge in [0, 0.05) is 31.6 Å². The number of amides is 1. The topological polar surface area (TPSA) is 94.0 Å². The number of nitrogens with two attached hydrogens (primary N) is 2. The molecule has 1 amide bonds. The Bertz CT molecular complexity index is 445. The monoisotopic (exact) mass is 218 g/mol. The fourth-order valence-electron chi connectivity index (χ4n) is 1.03. The highest BCUT2D eigenvalue weighted by Crippen LogP contribution is 2.11. The number of aromatic nitrogens is 1.